The van der Waals surface area contributed by atoms with Gasteiger partial charge in [-0.2, -0.15) is 0 Å². The van der Waals surface area contributed by atoms with E-state index in [9.17, 15) is 18.0 Å². The summed E-state index contributed by atoms with van der Waals surface area (Å²) >= 11 is 0. The fourth-order valence-corrected chi connectivity index (χ4v) is 3.86. The van der Waals surface area contributed by atoms with Crippen LogP contribution in [0.4, 0.5) is 5.69 Å². The van der Waals surface area contributed by atoms with Gasteiger partial charge in [0.2, 0.25) is 10.0 Å². The number of nitrogens with two attached hydrogens (primary N) is 1. The highest BCUT2D eigenvalue weighted by Gasteiger charge is 2.41. The molecule has 3 N–H and O–H groups in total. The van der Waals surface area contributed by atoms with Crippen molar-refractivity contribution in [3.8, 4) is 0 Å². The van der Waals surface area contributed by atoms with Crippen LogP contribution in [0, 0.1) is 0 Å². The summed E-state index contributed by atoms with van der Waals surface area (Å²) in [6.45, 7) is 1.96. The molecule has 1 heterocycles. The molecule has 7 nitrogen and oxygen atoms in total. The minimum Gasteiger partial charge on any atom is -0.337 e. The summed E-state index contributed by atoms with van der Waals surface area (Å²) in [4.78, 5) is 26.1. The lowest BCUT2D eigenvalue weighted by atomic mass is 9.85. The molecule has 1 unspecified atom stereocenters. The monoisotopic (exact) mass is 373 g/mol. The Kier molecular flexibility index (Phi) is 4.55. The van der Waals surface area contributed by atoms with Crippen LogP contribution in [-0.4, -0.2) is 27.3 Å². The molecule has 1 aliphatic rings. The van der Waals surface area contributed by atoms with Crippen LogP contribution in [0.25, 0.3) is 0 Å². The van der Waals surface area contributed by atoms with Gasteiger partial charge in [-0.1, -0.05) is 31.2 Å². The molecule has 0 aliphatic carbocycles. The van der Waals surface area contributed by atoms with Gasteiger partial charge in [-0.25, -0.2) is 13.6 Å². The fourth-order valence-electron chi connectivity index (χ4n) is 3.30. The number of amides is 1. The fraction of sp³-hybridized carbons (Fsp3) is 0.222. The summed E-state index contributed by atoms with van der Waals surface area (Å²) in [5, 5.41) is 8.00. The third kappa shape index (κ3) is 2.87. The number of primary sulfonamides is 1. The average molecular weight is 373 g/mol. The van der Waals surface area contributed by atoms with Crippen molar-refractivity contribution in [2.75, 3.05) is 11.6 Å². The Labute approximate surface area is 151 Å². The minimum atomic E-state index is -3.91. The van der Waals surface area contributed by atoms with Crippen LogP contribution in [0.2, 0.25) is 0 Å². The van der Waals surface area contributed by atoms with E-state index >= 15 is 0 Å². The lowest BCUT2D eigenvalue weighted by Crippen LogP contribution is -2.55. The first-order chi connectivity index (χ1) is 12.3. The number of sulfonamides is 1. The lowest BCUT2D eigenvalue weighted by molar-refractivity contribution is -0.112. The molecular weight excluding hydrogens is 354 g/mol. The number of aldehydes is 1. The number of para-hydroxylation sites is 1. The number of anilines is 1. The van der Waals surface area contributed by atoms with E-state index in [1.165, 1.54) is 12.1 Å². The molecule has 136 valence electrons. The zero-order valence-electron chi connectivity index (χ0n) is 14.2. The van der Waals surface area contributed by atoms with E-state index in [0.717, 1.165) is 6.29 Å². The van der Waals surface area contributed by atoms with Gasteiger partial charge in [0, 0.05) is 0 Å². The molecule has 1 atom stereocenters. The van der Waals surface area contributed by atoms with E-state index in [-0.39, 0.29) is 17.5 Å². The van der Waals surface area contributed by atoms with Gasteiger partial charge >= 0.3 is 0 Å². The number of fused-ring (bicyclic) bond motifs is 1. The number of hydrogen-bond acceptors (Lipinski definition) is 5. The molecular formula is C18H19N3O4S. The molecule has 0 saturated heterocycles. The van der Waals surface area contributed by atoms with Gasteiger partial charge in [0.1, 0.15) is 11.8 Å². The van der Waals surface area contributed by atoms with Crippen molar-refractivity contribution >= 4 is 27.9 Å². The largest absolute Gasteiger partial charge is 0.337 e. The molecule has 0 bridgehead atoms. The Morgan fingerprint density at radius 3 is 2.62 bits per heavy atom. The van der Waals surface area contributed by atoms with Gasteiger partial charge in [-0.15, -0.1) is 0 Å². The van der Waals surface area contributed by atoms with Crippen LogP contribution >= 0.6 is 0 Å². The molecule has 1 amide bonds. The first-order valence-electron chi connectivity index (χ1n) is 8.08. The molecule has 1 aliphatic heterocycles. The first-order valence-corrected chi connectivity index (χ1v) is 9.62. The van der Waals surface area contributed by atoms with Crippen molar-refractivity contribution in [2.45, 2.75) is 23.8 Å². The van der Waals surface area contributed by atoms with Gasteiger partial charge in [0.15, 0.2) is 0 Å². The Morgan fingerprint density at radius 1 is 1.23 bits per heavy atom. The number of benzene rings is 2. The molecule has 26 heavy (non-hydrogen) atoms. The zero-order chi connectivity index (χ0) is 18.9. The quantitative estimate of drug-likeness (QED) is 0.769. The number of nitrogens with zero attached hydrogens (tertiary/aromatic N) is 1. The molecule has 0 fully saturated rings. The average Bonchev–Trinajstić information content (AvgIpc) is 2.64. The van der Waals surface area contributed by atoms with E-state index in [1.54, 1.807) is 41.3 Å². The summed E-state index contributed by atoms with van der Waals surface area (Å²) in [7, 11) is -3.91. The third-order valence-electron chi connectivity index (χ3n) is 4.72. The molecule has 0 radical (unpaired) electrons. The number of carbonyl (C=O) groups excluding carboxylic acids is 2. The summed E-state index contributed by atoms with van der Waals surface area (Å²) in [6.07, 6.45) is 1.15. The van der Waals surface area contributed by atoms with Gasteiger partial charge in [-0.3, -0.25) is 4.79 Å². The zero-order valence-corrected chi connectivity index (χ0v) is 15.0. The van der Waals surface area contributed by atoms with Crippen molar-refractivity contribution in [3.63, 3.8) is 0 Å². The highest BCUT2D eigenvalue weighted by molar-refractivity contribution is 7.89. The smallest absolute Gasteiger partial charge is 0.254 e. The highest BCUT2D eigenvalue weighted by atomic mass is 32.2. The maximum atomic E-state index is 12.3. The Hall–Kier alpha value is -2.71. The predicted octanol–water partition coefficient (Wildman–Crippen LogP) is 1.35. The predicted molar refractivity (Wildman–Crippen MR) is 97.1 cm³/mol. The summed E-state index contributed by atoms with van der Waals surface area (Å²) in [5.74, 6) is -0.217. The molecule has 0 spiro atoms. The van der Waals surface area contributed by atoms with Crippen LogP contribution in [0.15, 0.2) is 53.4 Å². The second-order valence-electron chi connectivity index (χ2n) is 6.08. The molecule has 3 rings (SSSR count). The topological polar surface area (TPSA) is 110 Å². The number of nitrogens with one attached hydrogen (secondary N) is 1. The van der Waals surface area contributed by atoms with Crippen molar-refractivity contribution in [1.29, 1.82) is 0 Å². The van der Waals surface area contributed by atoms with Crippen LogP contribution in [0.1, 0.15) is 29.3 Å². The van der Waals surface area contributed by atoms with Crippen molar-refractivity contribution in [1.82, 2.24) is 5.32 Å². The van der Waals surface area contributed by atoms with Gasteiger partial charge in [-0.05, 0) is 36.2 Å². The van der Waals surface area contributed by atoms with Crippen molar-refractivity contribution < 1.29 is 18.0 Å². The second kappa shape index (κ2) is 6.54. The molecule has 0 aromatic heterocycles. The van der Waals surface area contributed by atoms with Crippen LogP contribution < -0.4 is 15.4 Å². The first kappa shape index (κ1) is 18.1. The maximum Gasteiger partial charge on any atom is 0.254 e. The van der Waals surface area contributed by atoms with Gasteiger partial charge in [0.05, 0.1) is 22.8 Å². The SMILES string of the molecule is CCC(C=O)(c1cccc(S(N)(=O)=O)c1)N1CNC(=O)c2ccccc21. The van der Waals surface area contributed by atoms with Crippen molar-refractivity contribution in [3.05, 3.63) is 59.7 Å². The molecule has 8 heteroatoms. The number of carbonyl (C=O) groups is 2. The van der Waals surface area contributed by atoms with Crippen LogP contribution in [0.5, 0.6) is 0 Å². The van der Waals surface area contributed by atoms with Gasteiger partial charge < -0.3 is 15.0 Å². The van der Waals surface area contributed by atoms with E-state index in [2.05, 4.69) is 5.32 Å². The summed E-state index contributed by atoms with van der Waals surface area (Å²) in [6, 6.07) is 13.0. The normalized spacial score (nSPS) is 16.4. The van der Waals surface area contributed by atoms with Gasteiger partial charge in [0.25, 0.3) is 5.91 Å². The standard InChI is InChI=1S/C18H19N3O4S/c1-2-18(11-22,13-6-5-7-14(10-13)26(19,24)25)21-12-20-17(23)15-8-3-4-9-16(15)21/h3-11H,2,12H2,1H3,(H,20,23)(H2,19,24,25). The van der Waals surface area contributed by atoms with E-state index in [1.807, 2.05) is 6.92 Å². The second-order valence-corrected chi connectivity index (χ2v) is 7.64. The Bertz CT molecular complexity index is 974. The van der Waals surface area contributed by atoms with E-state index in [0.29, 0.717) is 23.2 Å². The Balaban J connectivity index is 2.21. The minimum absolute atomic E-state index is 0.0657. The number of hydrogen-bond donors (Lipinski definition) is 2. The molecule has 2 aromatic rings. The summed E-state index contributed by atoms with van der Waals surface area (Å²) < 4.78 is 23.5. The molecule has 0 saturated carbocycles. The van der Waals surface area contributed by atoms with E-state index < -0.39 is 15.6 Å². The van der Waals surface area contributed by atoms with Crippen LogP contribution in [-0.2, 0) is 20.4 Å². The maximum absolute atomic E-state index is 12.3. The Morgan fingerprint density at radius 2 is 1.96 bits per heavy atom. The van der Waals surface area contributed by atoms with Crippen LogP contribution in [0.3, 0.4) is 0 Å². The highest BCUT2D eigenvalue weighted by Crippen LogP contribution is 2.38. The summed E-state index contributed by atoms with van der Waals surface area (Å²) in [5.41, 5.74) is 0.421. The molecule has 2 aromatic carbocycles. The van der Waals surface area contributed by atoms with E-state index in [4.69, 9.17) is 5.14 Å². The third-order valence-corrected chi connectivity index (χ3v) is 5.63. The van der Waals surface area contributed by atoms with Crippen molar-refractivity contribution in [2.24, 2.45) is 5.14 Å². The number of rotatable bonds is 5. The lowest BCUT2D eigenvalue weighted by Gasteiger charge is -2.44.